The van der Waals surface area contributed by atoms with E-state index in [2.05, 4.69) is 25.8 Å². The summed E-state index contributed by atoms with van der Waals surface area (Å²) < 4.78 is 11.2. The van der Waals surface area contributed by atoms with Crippen molar-refractivity contribution in [1.29, 1.82) is 0 Å². The minimum atomic E-state index is -0.626. The third-order valence-corrected chi connectivity index (χ3v) is 5.96. The van der Waals surface area contributed by atoms with E-state index >= 15 is 0 Å². The van der Waals surface area contributed by atoms with E-state index in [0.717, 1.165) is 29.7 Å². The van der Waals surface area contributed by atoms with Gasteiger partial charge in [-0.2, -0.15) is 0 Å². The highest BCUT2D eigenvalue weighted by molar-refractivity contribution is 5.98. The van der Waals surface area contributed by atoms with Crippen molar-refractivity contribution in [2.45, 2.75) is 70.7 Å². The molecule has 0 bridgehead atoms. The fourth-order valence-electron chi connectivity index (χ4n) is 3.83. The number of nitrogens with zero attached hydrogens (tertiary/aromatic N) is 3. The van der Waals surface area contributed by atoms with E-state index in [1.807, 2.05) is 32.9 Å². The Labute approximate surface area is 187 Å². The molecular formula is C23H29N5O4. The standard InChI is InChI=1S/C23H29N5O4/c1-14-4-5-16(10-24-14)21-18(15(2)32-28-21)13-31-20-12-25-19(11-26-20)22(29)27-17-6-8-23(3,30)9-7-17/h4-5,10-12,17,19,25,30H,6-9,13H2,1-3H3,(H,27,29). The van der Waals surface area contributed by atoms with E-state index in [4.69, 9.17) is 9.26 Å². The maximum atomic E-state index is 12.5. The Bertz CT molecular complexity index is 1020. The highest BCUT2D eigenvalue weighted by atomic mass is 16.5. The molecular weight excluding hydrogens is 410 g/mol. The second kappa shape index (κ2) is 9.12. The number of hydrogen-bond acceptors (Lipinski definition) is 8. The summed E-state index contributed by atoms with van der Waals surface area (Å²) in [5.41, 5.74) is 2.66. The fraction of sp³-hybridized carbons (Fsp3) is 0.478. The Morgan fingerprint density at radius 2 is 2.12 bits per heavy atom. The van der Waals surface area contributed by atoms with Crippen molar-refractivity contribution in [2.75, 3.05) is 0 Å². The first-order valence-corrected chi connectivity index (χ1v) is 10.8. The minimum Gasteiger partial charge on any atom is -0.472 e. The molecule has 4 rings (SSSR count). The molecule has 1 fully saturated rings. The van der Waals surface area contributed by atoms with Gasteiger partial charge >= 0.3 is 0 Å². The van der Waals surface area contributed by atoms with E-state index in [1.165, 1.54) is 6.21 Å². The van der Waals surface area contributed by atoms with Gasteiger partial charge in [0.15, 0.2) is 0 Å². The Kier molecular flexibility index (Phi) is 6.27. The summed E-state index contributed by atoms with van der Waals surface area (Å²) in [5.74, 6) is 0.897. The van der Waals surface area contributed by atoms with Crippen LogP contribution in [0.25, 0.3) is 11.3 Å². The molecule has 1 aliphatic carbocycles. The highest BCUT2D eigenvalue weighted by Crippen LogP contribution is 2.28. The van der Waals surface area contributed by atoms with Gasteiger partial charge in [-0.25, -0.2) is 4.99 Å². The van der Waals surface area contributed by atoms with Crippen molar-refractivity contribution in [3.63, 3.8) is 0 Å². The van der Waals surface area contributed by atoms with E-state index in [1.54, 1.807) is 12.4 Å². The first-order chi connectivity index (χ1) is 15.3. The number of aliphatic imine (C=N–C) groups is 1. The lowest BCUT2D eigenvalue weighted by Crippen LogP contribution is -2.50. The molecule has 9 nitrogen and oxygen atoms in total. The maximum Gasteiger partial charge on any atom is 0.248 e. The monoisotopic (exact) mass is 439 g/mol. The van der Waals surface area contributed by atoms with Crippen molar-refractivity contribution in [1.82, 2.24) is 20.8 Å². The Morgan fingerprint density at radius 1 is 1.34 bits per heavy atom. The quantitative estimate of drug-likeness (QED) is 0.632. The third-order valence-electron chi connectivity index (χ3n) is 5.96. The molecule has 32 heavy (non-hydrogen) atoms. The molecule has 0 radical (unpaired) electrons. The van der Waals surface area contributed by atoms with Crippen LogP contribution in [0.1, 0.15) is 49.6 Å². The molecule has 1 saturated carbocycles. The normalized spacial score (nSPS) is 25.1. The van der Waals surface area contributed by atoms with Crippen LogP contribution >= 0.6 is 0 Å². The van der Waals surface area contributed by atoms with Crippen LogP contribution in [0.4, 0.5) is 0 Å². The highest BCUT2D eigenvalue weighted by Gasteiger charge is 2.30. The van der Waals surface area contributed by atoms with Gasteiger partial charge in [-0.15, -0.1) is 0 Å². The zero-order valence-electron chi connectivity index (χ0n) is 18.6. The van der Waals surface area contributed by atoms with Gasteiger partial charge in [-0.05, 0) is 58.6 Å². The Hall–Kier alpha value is -3.20. The van der Waals surface area contributed by atoms with Crippen LogP contribution in [0.15, 0.2) is 39.9 Å². The van der Waals surface area contributed by atoms with Gasteiger partial charge in [0.05, 0.1) is 17.4 Å². The number of hydrogen-bond donors (Lipinski definition) is 3. The van der Waals surface area contributed by atoms with Crippen LogP contribution in [0.3, 0.4) is 0 Å². The average Bonchev–Trinajstić information content (AvgIpc) is 3.15. The van der Waals surface area contributed by atoms with Crippen molar-refractivity contribution in [3.05, 3.63) is 47.4 Å². The average molecular weight is 440 g/mol. The largest absolute Gasteiger partial charge is 0.472 e. The summed E-state index contributed by atoms with van der Waals surface area (Å²) in [6.07, 6.45) is 7.79. The van der Waals surface area contributed by atoms with Crippen LogP contribution in [0.2, 0.25) is 0 Å². The van der Waals surface area contributed by atoms with Crippen LogP contribution in [-0.4, -0.2) is 45.1 Å². The number of rotatable bonds is 6. The van der Waals surface area contributed by atoms with Crippen molar-refractivity contribution < 1.29 is 19.2 Å². The SMILES string of the molecule is Cc1ccc(-c2noc(C)c2COC2=CNC(C(=O)NC3CCC(C)(O)CC3)C=N2)cn1. The minimum absolute atomic E-state index is 0.0748. The first kappa shape index (κ1) is 22.0. The molecule has 1 atom stereocenters. The van der Waals surface area contributed by atoms with Gasteiger partial charge in [-0.3, -0.25) is 9.78 Å². The molecule has 2 aromatic rings. The number of aromatic nitrogens is 2. The summed E-state index contributed by atoms with van der Waals surface area (Å²) in [4.78, 5) is 21.1. The van der Waals surface area contributed by atoms with Gasteiger partial charge in [0.1, 0.15) is 24.1 Å². The van der Waals surface area contributed by atoms with Gasteiger partial charge < -0.3 is 25.0 Å². The second-order valence-corrected chi connectivity index (χ2v) is 8.73. The van der Waals surface area contributed by atoms with Crippen molar-refractivity contribution >= 4 is 12.1 Å². The van der Waals surface area contributed by atoms with Gasteiger partial charge in [0, 0.05) is 29.7 Å². The zero-order valence-corrected chi connectivity index (χ0v) is 18.6. The molecule has 2 aromatic heterocycles. The van der Waals surface area contributed by atoms with Gasteiger partial charge in [0.25, 0.3) is 0 Å². The van der Waals surface area contributed by atoms with Crippen LogP contribution in [-0.2, 0) is 16.1 Å². The van der Waals surface area contributed by atoms with Gasteiger partial charge in [-0.1, -0.05) is 5.16 Å². The summed E-state index contributed by atoms with van der Waals surface area (Å²) in [6, 6.07) is 3.38. The lowest BCUT2D eigenvalue weighted by atomic mass is 9.83. The molecule has 0 spiro atoms. The molecule has 2 aliphatic rings. The number of amides is 1. The molecule has 1 amide bonds. The fourth-order valence-corrected chi connectivity index (χ4v) is 3.83. The van der Waals surface area contributed by atoms with Gasteiger partial charge in [0.2, 0.25) is 11.8 Å². The van der Waals surface area contributed by atoms with E-state index < -0.39 is 11.6 Å². The van der Waals surface area contributed by atoms with E-state index in [0.29, 0.717) is 30.2 Å². The predicted molar refractivity (Wildman–Crippen MR) is 119 cm³/mol. The summed E-state index contributed by atoms with van der Waals surface area (Å²) >= 11 is 0. The summed E-state index contributed by atoms with van der Waals surface area (Å²) in [5, 5.41) is 20.3. The molecule has 170 valence electrons. The Morgan fingerprint density at radius 3 is 2.78 bits per heavy atom. The topological polar surface area (TPSA) is 122 Å². The zero-order chi connectivity index (χ0) is 22.7. The van der Waals surface area contributed by atoms with E-state index in [-0.39, 0.29) is 18.6 Å². The molecule has 3 heterocycles. The molecule has 0 saturated heterocycles. The van der Waals surface area contributed by atoms with Crippen LogP contribution < -0.4 is 10.6 Å². The van der Waals surface area contributed by atoms with Crippen LogP contribution in [0, 0.1) is 13.8 Å². The molecule has 1 unspecified atom stereocenters. The van der Waals surface area contributed by atoms with Crippen molar-refractivity contribution in [3.8, 4) is 11.3 Å². The number of pyridine rings is 1. The molecule has 3 N–H and O–H groups in total. The lowest BCUT2D eigenvalue weighted by molar-refractivity contribution is -0.122. The smallest absolute Gasteiger partial charge is 0.248 e. The number of nitrogens with one attached hydrogen (secondary N) is 2. The lowest BCUT2D eigenvalue weighted by Gasteiger charge is -2.34. The first-order valence-electron chi connectivity index (χ1n) is 10.8. The maximum absolute atomic E-state index is 12.5. The van der Waals surface area contributed by atoms with Crippen molar-refractivity contribution in [2.24, 2.45) is 4.99 Å². The number of aliphatic hydroxyl groups is 1. The molecule has 9 heteroatoms. The second-order valence-electron chi connectivity index (χ2n) is 8.73. The van der Waals surface area contributed by atoms with Crippen LogP contribution in [0.5, 0.6) is 0 Å². The predicted octanol–water partition coefficient (Wildman–Crippen LogP) is 2.52. The Balaban J connectivity index is 1.30. The third kappa shape index (κ3) is 5.16. The number of carbonyl (C=O) groups is 1. The molecule has 1 aliphatic heterocycles. The molecule has 0 aromatic carbocycles. The number of carbonyl (C=O) groups excluding carboxylic acids is 1. The number of aryl methyl sites for hydroxylation is 2. The van der Waals surface area contributed by atoms with E-state index in [9.17, 15) is 9.90 Å². The number of ether oxygens (including phenoxy) is 1. The summed E-state index contributed by atoms with van der Waals surface area (Å²) in [6.45, 7) is 5.82. The summed E-state index contributed by atoms with van der Waals surface area (Å²) in [7, 11) is 0.